The molecular weight excluding hydrogens is 187 g/mol. The summed E-state index contributed by atoms with van der Waals surface area (Å²) in [6.45, 7) is 0. The van der Waals surface area contributed by atoms with Gasteiger partial charge in [-0.05, 0) is 12.1 Å². The Morgan fingerprint density at radius 1 is 1.50 bits per heavy atom. The number of benzene rings is 1. The van der Waals surface area contributed by atoms with Gasteiger partial charge in [-0.2, -0.15) is 0 Å². The number of carbonyl (C=O) groups is 1. The number of aromatic nitrogens is 1. The number of rotatable bonds is 2. The van der Waals surface area contributed by atoms with Gasteiger partial charge in [0.25, 0.3) is 0 Å². The highest BCUT2D eigenvalue weighted by atomic mass is 16.5. The maximum absolute atomic E-state index is 11.1. The Hall–Kier alpha value is -2.04. The lowest BCUT2D eigenvalue weighted by Crippen LogP contribution is -2.12. The maximum Gasteiger partial charge on any atom is 0.426 e. The number of hydrogen-bond acceptors (Lipinski definition) is 4. The molecular formula is C9H7NO4. The maximum atomic E-state index is 11.1. The highest BCUT2D eigenvalue weighted by molar-refractivity contribution is 5.80. The van der Waals surface area contributed by atoms with E-state index in [-0.39, 0.29) is 0 Å². The van der Waals surface area contributed by atoms with Crippen molar-refractivity contribution in [3.05, 3.63) is 28.7 Å². The molecule has 72 valence electrons. The molecule has 5 nitrogen and oxygen atoms in total. The first-order valence-electron chi connectivity index (χ1n) is 3.90. The molecule has 0 atom stereocenters. The van der Waals surface area contributed by atoms with Crippen molar-refractivity contribution in [2.24, 2.45) is 0 Å². The minimum absolute atomic E-state index is 0.335. The quantitative estimate of drug-likeness (QED) is 0.520. The molecule has 2 rings (SSSR count). The SMILES string of the molecule is COc1ccc2c(c1)oc(=O)n2[13CH]=O. The highest BCUT2D eigenvalue weighted by Crippen LogP contribution is 2.18. The lowest BCUT2D eigenvalue weighted by atomic mass is 10.3. The van der Waals surface area contributed by atoms with Gasteiger partial charge in [0, 0.05) is 6.07 Å². The molecule has 0 radical (unpaired) electrons. The van der Waals surface area contributed by atoms with Gasteiger partial charge in [-0.25, -0.2) is 9.36 Å². The van der Waals surface area contributed by atoms with Gasteiger partial charge in [-0.3, -0.25) is 4.79 Å². The van der Waals surface area contributed by atoms with Crippen molar-refractivity contribution < 1.29 is 13.9 Å². The summed E-state index contributed by atoms with van der Waals surface area (Å²) in [6, 6.07) is 4.79. The van der Waals surface area contributed by atoms with E-state index in [9.17, 15) is 9.59 Å². The Balaban J connectivity index is 2.81. The molecule has 1 aromatic heterocycles. The Kier molecular flexibility index (Phi) is 1.85. The lowest BCUT2D eigenvalue weighted by Gasteiger charge is -1.97. The molecule has 0 fully saturated rings. The second kappa shape index (κ2) is 3.02. The van der Waals surface area contributed by atoms with Crippen LogP contribution in [0.15, 0.2) is 27.4 Å². The zero-order chi connectivity index (χ0) is 10.1. The van der Waals surface area contributed by atoms with Crippen LogP contribution in [0.4, 0.5) is 0 Å². The summed E-state index contributed by atoms with van der Waals surface area (Å²) in [7, 11) is 1.51. The standard InChI is InChI=1S/C9H7NO4/c1-13-6-2-3-7-8(4-6)14-9(12)10(7)5-11/h2-5H,1H3/i5+1. The van der Waals surface area contributed by atoms with Crippen molar-refractivity contribution in [2.75, 3.05) is 7.11 Å². The Bertz CT molecular complexity index is 537. The van der Waals surface area contributed by atoms with Gasteiger partial charge in [-0.1, -0.05) is 0 Å². The predicted octanol–water partition coefficient (Wildman–Crippen LogP) is 0.641. The molecule has 0 aliphatic rings. The minimum Gasteiger partial charge on any atom is -0.497 e. The van der Waals surface area contributed by atoms with Crippen LogP contribution in [0.5, 0.6) is 5.75 Å². The van der Waals surface area contributed by atoms with Crippen molar-refractivity contribution in [3.8, 4) is 5.75 Å². The number of fused-ring (bicyclic) bond motifs is 1. The van der Waals surface area contributed by atoms with Crippen LogP contribution in [-0.2, 0) is 4.79 Å². The van der Waals surface area contributed by atoms with Crippen LogP contribution in [0.1, 0.15) is 0 Å². The fourth-order valence-electron chi connectivity index (χ4n) is 1.24. The van der Waals surface area contributed by atoms with Crippen LogP contribution >= 0.6 is 0 Å². The van der Waals surface area contributed by atoms with Gasteiger partial charge in [0.15, 0.2) is 5.58 Å². The Morgan fingerprint density at radius 3 is 2.93 bits per heavy atom. The summed E-state index contributed by atoms with van der Waals surface area (Å²) in [6.07, 6.45) is 0.417. The molecule has 14 heavy (non-hydrogen) atoms. The predicted molar refractivity (Wildman–Crippen MR) is 49.2 cm³/mol. The first kappa shape index (κ1) is 8.55. The topological polar surface area (TPSA) is 61.4 Å². The number of nitrogens with zero attached hydrogens (tertiary/aromatic N) is 1. The van der Waals surface area contributed by atoms with Crippen molar-refractivity contribution >= 4 is 17.5 Å². The molecule has 0 amide bonds. The zero-order valence-electron chi connectivity index (χ0n) is 7.39. The van der Waals surface area contributed by atoms with Crippen molar-refractivity contribution in [2.45, 2.75) is 0 Å². The van der Waals surface area contributed by atoms with Gasteiger partial charge in [0.05, 0.1) is 12.6 Å². The number of ether oxygens (including phenoxy) is 1. The second-order valence-electron chi connectivity index (χ2n) is 2.68. The van der Waals surface area contributed by atoms with Crippen molar-refractivity contribution in [3.63, 3.8) is 0 Å². The zero-order valence-corrected chi connectivity index (χ0v) is 7.39. The number of oxazole rings is 1. The smallest absolute Gasteiger partial charge is 0.426 e. The average molecular weight is 194 g/mol. The molecule has 0 saturated heterocycles. The van der Waals surface area contributed by atoms with E-state index in [4.69, 9.17) is 9.15 Å². The highest BCUT2D eigenvalue weighted by Gasteiger charge is 2.08. The van der Waals surface area contributed by atoms with E-state index < -0.39 is 5.76 Å². The third-order valence-corrected chi connectivity index (χ3v) is 1.93. The largest absolute Gasteiger partial charge is 0.497 e. The van der Waals surface area contributed by atoms with Crippen LogP contribution in [0, 0.1) is 0 Å². The van der Waals surface area contributed by atoms with Crippen LogP contribution < -0.4 is 10.5 Å². The lowest BCUT2D eigenvalue weighted by molar-refractivity contribution is 0.414. The van der Waals surface area contributed by atoms with Crippen LogP contribution in [0.2, 0.25) is 0 Å². The summed E-state index contributed by atoms with van der Waals surface area (Å²) in [5.41, 5.74) is 0.771. The van der Waals surface area contributed by atoms with Crippen molar-refractivity contribution in [1.29, 1.82) is 0 Å². The van der Waals surface area contributed by atoms with Gasteiger partial charge in [0.1, 0.15) is 5.75 Å². The molecule has 1 aromatic carbocycles. The average Bonchev–Trinajstić information content (AvgIpc) is 2.51. The number of methoxy groups -OCH3 is 1. The first-order chi connectivity index (χ1) is 6.76. The van der Waals surface area contributed by atoms with E-state index in [1.807, 2.05) is 0 Å². The Morgan fingerprint density at radius 2 is 2.29 bits per heavy atom. The van der Waals surface area contributed by atoms with E-state index in [2.05, 4.69) is 0 Å². The summed E-state index contributed by atoms with van der Waals surface area (Å²) in [5.74, 6) is -0.118. The number of carbonyl (C=O) groups excluding carboxylic acids is 1. The normalized spacial score (nSPS) is 10.4. The van der Waals surface area contributed by atoms with Crippen LogP contribution in [0.25, 0.3) is 11.1 Å². The first-order valence-corrected chi connectivity index (χ1v) is 3.90. The molecule has 0 spiro atoms. The fourth-order valence-corrected chi connectivity index (χ4v) is 1.24. The summed E-state index contributed by atoms with van der Waals surface area (Å²) in [4.78, 5) is 21.6. The fraction of sp³-hybridized carbons (Fsp3) is 0.111. The molecule has 0 saturated carbocycles. The molecule has 0 unspecified atom stereocenters. The molecule has 0 N–H and O–H groups in total. The van der Waals surface area contributed by atoms with Gasteiger partial charge in [0.2, 0.25) is 6.41 Å². The molecule has 0 aliphatic carbocycles. The molecule has 0 aliphatic heterocycles. The van der Waals surface area contributed by atoms with E-state index >= 15 is 0 Å². The molecule has 5 heteroatoms. The van der Waals surface area contributed by atoms with Gasteiger partial charge < -0.3 is 9.15 Å². The summed E-state index contributed by atoms with van der Waals surface area (Å²) >= 11 is 0. The second-order valence-corrected chi connectivity index (χ2v) is 2.68. The van der Waals surface area contributed by atoms with Crippen LogP contribution in [0.3, 0.4) is 0 Å². The molecule has 0 bridgehead atoms. The summed E-state index contributed by atoms with van der Waals surface area (Å²) in [5, 5.41) is 0. The Labute approximate surface area is 78.5 Å². The minimum atomic E-state index is -0.691. The van der Waals surface area contributed by atoms with Gasteiger partial charge in [-0.15, -0.1) is 0 Å². The van der Waals surface area contributed by atoms with Crippen molar-refractivity contribution in [1.82, 2.24) is 4.57 Å². The van der Waals surface area contributed by atoms with Crippen LogP contribution in [-0.4, -0.2) is 18.1 Å². The van der Waals surface area contributed by atoms with E-state index in [0.717, 1.165) is 4.57 Å². The van der Waals surface area contributed by atoms with E-state index in [1.165, 1.54) is 7.11 Å². The third kappa shape index (κ3) is 1.10. The van der Waals surface area contributed by atoms with Gasteiger partial charge >= 0.3 is 5.76 Å². The van der Waals surface area contributed by atoms with E-state index in [0.29, 0.717) is 23.3 Å². The molecule has 1 heterocycles. The number of hydrogen-bond donors (Lipinski definition) is 0. The third-order valence-electron chi connectivity index (χ3n) is 1.93. The van der Waals surface area contributed by atoms with E-state index in [1.54, 1.807) is 18.2 Å². The molecule has 2 aromatic rings. The monoisotopic (exact) mass is 194 g/mol. The summed E-state index contributed by atoms with van der Waals surface area (Å²) < 4.78 is 10.7.